The van der Waals surface area contributed by atoms with E-state index in [0.29, 0.717) is 29.4 Å². The SMILES string of the molecule is NC/C=C/CNc1cccc(Cl)c1C(N)=O. The Morgan fingerprint density at radius 3 is 2.81 bits per heavy atom. The first-order valence-corrected chi connectivity index (χ1v) is 5.22. The van der Waals surface area contributed by atoms with E-state index in [2.05, 4.69) is 5.32 Å². The fourth-order valence-electron chi connectivity index (χ4n) is 1.27. The monoisotopic (exact) mass is 239 g/mol. The molecule has 0 saturated carbocycles. The van der Waals surface area contributed by atoms with Crippen LogP contribution < -0.4 is 16.8 Å². The van der Waals surface area contributed by atoms with Gasteiger partial charge in [0.25, 0.3) is 5.91 Å². The molecule has 5 N–H and O–H groups in total. The maximum absolute atomic E-state index is 11.2. The van der Waals surface area contributed by atoms with E-state index >= 15 is 0 Å². The van der Waals surface area contributed by atoms with Crippen LogP contribution in [0.5, 0.6) is 0 Å². The number of hydrogen-bond acceptors (Lipinski definition) is 3. The molecule has 0 aliphatic heterocycles. The zero-order valence-electron chi connectivity index (χ0n) is 8.74. The predicted octanol–water partition coefficient (Wildman–Crippen LogP) is 1.37. The number of amides is 1. The first-order chi connectivity index (χ1) is 7.66. The first-order valence-electron chi connectivity index (χ1n) is 4.84. The van der Waals surface area contributed by atoms with Crippen molar-refractivity contribution in [3.05, 3.63) is 40.9 Å². The summed E-state index contributed by atoms with van der Waals surface area (Å²) in [5.74, 6) is -0.545. The highest BCUT2D eigenvalue weighted by atomic mass is 35.5. The normalized spacial score (nSPS) is 10.6. The Labute approximate surface area is 99.3 Å². The average Bonchev–Trinajstić information content (AvgIpc) is 2.24. The van der Waals surface area contributed by atoms with E-state index in [0.717, 1.165) is 0 Å². The summed E-state index contributed by atoms with van der Waals surface area (Å²) < 4.78 is 0. The summed E-state index contributed by atoms with van der Waals surface area (Å²) in [6, 6.07) is 5.13. The molecule has 86 valence electrons. The molecule has 0 unspecified atom stereocenters. The highest BCUT2D eigenvalue weighted by Gasteiger charge is 2.11. The molecule has 0 aliphatic carbocycles. The standard InChI is InChI=1S/C11H14ClN3O/c12-8-4-3-5-9(10(8)11(14)16)15-7-2-1-6-13/h1-5,15H,6-7,13H2,(H2,14,16)/b2-1+. The molecule has 0 aliphatic rings. The largest absolute Gasteiger partial charge is 0.381 e. The molecule has 0 fully saturated rings. The van der Waals surface area contributed by atoms with Gasteiger partial charge in [-0.25, -0.2) is 0 Å². The van der Waals surface area contributed by atoms with Crippen molar-refractivity contribution in [1.82, 2.24) is 0 Å². The second-order valence-electron chi connectivity index (χ2n) is 3.11. The molecule has 5 heteroatoms. The fourth-order valence-corrected chi connectivity index (χ4v) is 1.54. The van der Waals surface area contributed by atoms with Gasteiger partial charge >= 0.3 is 0 Å². The number of nitrogens with two attached hydrogens (primary N) is 2. The number of primary amides is 1. The van der Waals surface area contributed by atoms with E-state index in [4.69, 9.17) is 23.1 Å². The van der Waals surface area contributed by atoms with Crippen LogP contribution in [0.25, 0.3) is 0 Å². The Bertz CT molecular complexity index is 404. The predicted molar refractivity (Wildman–Crippen MR) is 66.7 cm³/mol. The molecule has 1 amide bonds. The van der Waals surface area contributed by atoms with Gasteiger partial charge in [-0.3, -0.25) is 4.79 Å². The number of carbonyl (C=O) groups excluding carboxylic acids is 1. The van der Waals surface area contributed by atoms with Crippen LogP contribution in [0, 0.1) is 0 Å². The van der Waals surface area contributed by atoms with Crippen molar-refractivity contribution in [3.63, 3.8) is 0 Å². The van der Waals surface area contributed by atoms with Crippen molar-refractivity contribution in [2.45, 2.75) is 0 Å². The average molecular weight is 240 g/mol. The Morgan fingerprint density at radius 1 is 1.44 bits per heavy atom. The van der Waals surface area contributed by atoms with Gasteiger partial charge < -0.3 is 16.8 Å². The number of carbonyl (C=O) groups is 1. The Hall–Kier alpha value is -1.52. The van der Waals surface area contributed by atoms with Gasteiger partial charge in [0.15, 0.2) is 0 Å². The smallest absolute Gasteiger partial charge is 0.252 e. The zero-order chi connectivity index (χ0) is 12.0. The van der Waals surface area contributed by atoms with Gasteiger partial charge in [-0.05, 0) is 12.1 Å². The molecule has 0 heterocycles. The molecule has 4 nitrogen and oxygen atoms in total. The molecule has 1 rings (SSSR count). The Balaban J connectivity index is 2.83. The minimum Gasteiger partial charge on any atom is -0.381 e. The van der Waals surface area contributed by atoms with Crippen molar-refractivity contribution in [3.8, 4) is 0 Å². The number of hydrogen-bond donors (Lipinski definition) is 3. The zero-order valence-corrected chi connectivity index (χ0v) is 9.50. The van der Waals surface area contributed by atoms with Crippen LogP contribution in [0.15, 0.2) is 30.4 Å². The minimum atomic E-state index is -0.545. The van der Waals surface area contributed by atoms with Crippen LogP contribution >= 0.6 is 11.6 Å². The first kappa shape index (κ1) is 12.5. The molecular formula is C11H14ClN3O. The maximum Gasteiger partial charge on any atom is 0.252 e. The third kappa shape index (κ3) is 3.25. The van der Waals surface area contributed by atoms with Gasteiger partial charge in [0.2, 0.25) is 0 Å². The van der Waals surface area contributed by atoms with Gasteiger partial charge in [0.05, 0.1) is 10.6 Å². The number of rotatable bonds is 5. The molecule has 0 saturated heterocycles. The topological polar surface area (TPSA) is 81.1 Å². The van der Waals surface area contributed by atoms with E-state index < -0.39 is 5.91 Å². The Morgan fingerprint density at radius 2 is 2.19 bits per heavy atom. The van der Waals surface area contributed by atoms with Crippen LogP contribution in [0.2, 0.25) is 5.02 Å². The van der Waals surface area contributed by atoms with E-state index in [1.807, 2.05) is 12.2 Å². The summed E-state index contributed by atoms with van der Waals surface area (Å²) in [6.45, 7) is 1.05. The number of benzene rings is 1. The van der Waals surface area contributed by atoms with Crippen LogP contribution in [0.3, 0.4) is 0 Å². The van der Waals surface area contributed by atoms with Gasteiger partial charge in [-0.15, -0.1) is 0 Å². The number of anilines is 1. The summed E-state index contributed by atoms with van der Waals surface area (Å²) in [5, 5.41) is 3.39. The molecule has 0 spiro atoms. The summed E-state index contributed by atoms with van der Waals surface area (Å²) in [4.78, 5) is 11.2. The molecule has 0 aromatic heterocycles. The molecule has 16 heavy (non-hydrogen) atoms. The van der Waals surface area contributed by atoms with Crippen LogP contribution in [-0.2, 0) is 0 Å². The van der Waals surface area contributed by atoms with Crippen molar-refractivity contribution in [2.24, 2.45) is 11.5 Å². The van der Waals surface area contributed by atoms with E-state index in [1.165, 1.54) is 0 Å². The number of halogens is 1. The molecule has 1 aromatic carbocycles. The highest BCUT2D eigenvalue weighted by molar-refractivity contribution is 6.34. The van der Waals surface area contributed by atoms with Crippen LogP contribution in [0.1, 0.15) is 10.4 Å². The minimum absolute atomic E-state index is 0.310. The van der Waals surface area contributed by atoms with Crippen LogP contribution in [-0.4, -0.2) is 19.0 Å². The second kappa shape index (κ2) is 6.15. The third-order valence-corrected chi connectivity index (χ3v) is 2.29. The van der Waals surface area contributed by atoms with Crippen molar-refractivity contribution in [1.29, 1.82) is 0 Å². The maximum atomic E-state index is 11.2. The molecule has 0 bridgehead atoms. The number of nitrogens with one attached hydrogen (secondary N) is 1. The van der Waals surface area contributed by atoms with E-state index in [-0.39, 0.29) is 0 Å². The van der Waals surface area contributed by atoms with Crippen molar-refractivity contribution in [2.75, 3.05) is 18.4 Å². The lowest BCUT2D eigenvalue weighted by atomic mass is 10.1. The highest BCUT2D eigenvalue weighted by Crippen LogP contribution is 2.23. The lowest BCUT2D eigenvalue weighted by Crippen LogP contribution is -2.15. The van der Waals surface area contributed by atoms with Gasteiger partial charge in [-0.2, -0.15) is 0 Å². The lowest BCUT2D eigenvalue weighted by molar-refractivity contribution is 0.100. The molecular weight excluding hydrogens is 226 g/mol. The fraction of sp³-hybridized carbons (Fsp3) is 0.182. The second-order valence-corrected chi connectivity index (χ2v) is 3.52. The van der Waals surface area contributed by atoms with Gasteiger partial charge in [0.1, 0.15) is 0 Å². The van der Waals surface area contributed by atoms with Crippen molar-refractivity contribution < 1.29 is 4.79 Å². The summed E-state index contributed by atoms with van der Waals surface area (Å²) in [5.41, 5.74) is 11.5. The van der Waals surface area contributed by atoms with Crippen LogP contribution in [0.4, 0.5) is 5.69 Å². The quantitative estimate of drug-likeness (QED) is 0.679. The molecule has 1 aromatic rings. The molecule has 0 radical (unpaired) electrons. The van der Waals surface area contributed by atoms with Gasteiger partial charge in [0, 0.05) is 18.8 Å². The Kier molecular flexibility index (Phi) is 4.82. The lowest BCUT2D eigenvalue weighted by Gasteiger charge is -2.09. The van der Waals surface area contributed by atoms with Gasteiger partial charge in [-0.1, -0.05) is 29.8 Å². The summed E-state index contributed by atoms with van der Waals surface area (Å²) >= 11 is 5.89. The summed E-state index contributed by atoms with van der Waals surface area (Å²) in [7, 11) is 0. The third-order valence-electron chi connectivity index (χ3n) is 1.97. The van der Waals surface area contributed by atoms with E-state index in [1.54, 1.807) is 18.2 Å². The molecule has 0 atom stereocenters. The van der Waals surface area contributed by atoms with E-state index in [9.17, 15) is 4.79 Å². The summed E-state index contributed by atoms with van der Waals surface area (Å²) in [6.07, 6.45) is 3.69. The van der Waals surface area contributed by atoms with Crippen molar-refractivity contribution >= 4 is 23.2 Å².